The molecular weight excluding hydrogens is 196 g/mol. The molecule has 0 aromatic carbocycles. The van der Waals surface area contributed by atoms with Crippen molar-refractivity contribution >= 4 is 5.97 Å². The molecule has 2 N–H and O–H groups in total. The van der Waals surface area contributed by atoms with Crippen molar-refractivity contribution < 1.29 is 14.3 Å². The lowest BCUT2D eigenvalue weighted by Crippen LogP contribution is -2.37. The van der Waals surface area contributed by atoms with E-state index in [1.54, 1.807) is 0 Å². The van der Waals surface area contributed by atoms with Crippen LogP contribution in [0.3, 0.4) is 0 Å². The summed E-state index contributed by atoms with van der Waals surface area (Å²) in [4.78, 5) is 12.9. The maximum Gasteiger partial charge on any atom is 0.306 e. The smallest absolute Gasteiger partial charge is 0.306 e. The fourth-order valence-electron chi connectivity index (χ4n) is 1.25. The predicted octanol–water partition coefficient (Wildman–Crippen LogP) is -0.155. The molecule has 90 valence electrons. The first kappa shape index (κ1) is 14.3. The molecule has 0 spiro atoms. The Hall–Kier alpha value is -0.650. The number of methoxy groups -OCH3 is 1. The van der Waals surface area contributed by atoms with Gasteiger partial charge in [-0.15, -0.1) is 0 Å². The van der Waals surface area contributed by atoms with Crippen LogP contribution in [-0.2, 0) is 14.3 Å². The van der Waals surface area contributed by atoms with Gasteiger partial charge in [-0.05, 0) is 14.0 Å². The molecule has 0 fully saturated rings. The highest BCUT2D eigenvalue weighted by molar-refractivity contribution is 5.69. The molecule has 0 aliphatic rings. The normalized spacial score (nSPS) is 12.9. The van der Waals surface area contributed by atoms with Gasteiger partial charge in [0, 0.05) is 26.2 Å². The van der Waals surface area contributed by atoms with Crippen molar-refractivity contribution in [3.05, 3.63) is 0 Å². The van der Waals surface area contributed by atoms with Crippen molar-refractivity contribution in [2.45, 2.75) is 19.4 Å². The zero-order valence-corrected chi connectivity index (χ0v) is 9.86. The van der Waals surface area contributed by atoms with Gasteiger partial charge in [-0.2, -0.15) is 0 Å². The molecular formula is C10H22N2O3. The molecule has 0 saturated carbocycles. The molecule has 0 bridgehead atoms. The maximum atomic E-state index is 10.9. The minimum absolute atomic E-state index is 0.0395. The van der Waals surface area contributed by atoms with E-state index >= 15 is 0 Å². The average Bonchev–Trinajstić information content (AvgIpc) is 2.25. The third-order valence-corrected chi connectivity index (χ3v) is 2.11. The number of hydrogen-bond donors (Lipinski definition) is 1. The van der Waals surface area contributed by atoms with E-state index < -0.39 is 0 Å². The summed E-state index contributed by atoms with van der Waals surface area (Å²) in [7, 11) is 3.33. The van der Waals surface area contributed by atoms with Crippen LogP contribution in [0, 0.1) is 0 Å². The number of hydrogen-bond acceptors (Lipinski definition) is 5. The van der Waals surface area contributed by atoms with Gasteiger partial charge in [0.15, 0.2) is 0 Å². The Kier molecular flexibility index (Phi) is 8.27. The third-order valence-electron chi connectivity index (χ3n) is 2.11. The van der Waals surface area contributed by atoms with E-state index in [2.05, 4.69) is 4.74 Å². The van der Waals surface area contributed by atoms with Crippen LogP contribution in [0.25, 0.3) is 0 Å². The summed E-state index contributed by atoms with van der Waals surface area (Å²) in [5.74, 6) is -0.192. The highest BCUT2D eigenvalue weighted by atomic mass is 16.5. The van der Waals surface area contributed by atoms with Crippen LogP contribution >= 0.6 is 0 Å². The van der Waals surface area contributed by atoms with Crippen LogP contribution in [-0.4, -0.2) is 57.4 Å². The second kappa shape index (κ2) is 8.64. The average molecular weight is 218 g/mol. The van der Waals surface area contributed by atoms with Crippen LogP contribution in [0.2, 0.25) is 0 Å². The topological polar surface area (TPSA) is 64.8 Å². The van der Waals surface area contributed by atoms with E-state index in [0.29, 0.717) is 26.1 Å². The SMILES string of the molecule is CCOC(CN)CN(C)CCC(=O)OC. The van der Waals surface area contributed by atoms with Gasteiger partial charge in [0.2, 0.25) is 0 Å². The molecule has 0 saturated heterocycles. The lowest BCUT2D eigenvalue weighted by molar-refractivity contribution is -0.141. The van der Waals surface area contributed by atoms with Gasteiger partial charge < -0.3 is 20.1 Å². The van der Waals surface area contributed by atoms with Gasteiger partial charge in [-0.1, -0.05) is 0 Å². The van der Waals surface area contributed by atoms with Crippen molar-refractivity contribution in [1.82, 2.24) is 4.90 Å². The number of carbonyl (C=O) groups is 1. The lowest BCUT2D eigenvalue weighted by atomic mass is 10.3. The summed E-state index contributed by atoms with van der Waals surface area (Å²) >= 11 is 0. The minimum Gasteiger partial charge on any atom is -0.469 e. The first-order valence-corrected chi connectivity index (χ1v) is 5.21. The lowest BCUT2D eigenvalue weighted by Gasteiger charge is -2.22. The van der Waals surface area contributed by atoms with Crippen molar-refractivity contribution in [2.24, 2.45) is 5.73 Å². The van der Waals surface area contributed by atoms with Crippen molar-refractivity contribution in [3.8, 4) is 0 Å². The van der Waals surface area contributed by atoms with Crippen LogP contribution in [0.4, 0.5) is 0 Å². The number of nitrogens with zero attached hydrogens (tertiary/aromatic N) is 1. The Morgan fingerprint density at radius 3 is 2.67 bits per heavy atom. The van der Waals surface area contributed by atoms with Gasteiger partial charge in [-0.25, -0.2) is 0 Å². The number of nitrogens with two attached hydrogens (primary N) is 1. The fourth-order valence-corrected chi connectivity index (χ4v) is 1.25. The van der Waals surface area contributed by atoms with E-state index in [1.165, 1.54) is 7.11 Å². The molecule has 0 heterocycles. The largest absolute Gasteiger partial charge is 0.469 e. The van der Waals surface area contributed by atoms with Crippen LogP contribution < -0.4 is 5.73 Å². The summed E-state index contributed by atoms with van der Waals surface area (Å²) in [5, 5.41) is 0. The molecule has 0 rings (SSSR count). The highest BCUT2D eigenvalue weighted by Crippen LogP contribution is 1.96. The molecule has 5 nitrogen and oxygen atoms in total. The molecule has 0 aromatic heterocycles. The summed E-state index contributed by atoms with van der Waals surface area (Å²) in [6, 6.07) is 0. The quantitative estimate of drug-likeness (QED) is 0.574. The van der Waals surface area contributed by atoms with Gasteiger partial charge in [0.1, 0.15) is 0 Å². The first-order valence-electron chi connectivity index (χ1n) is 5.21. The molecule has 0 aromatic rings. The highest BCUT2D eigenvalue weighted by Gasteiger charge is 2.10. The minimum atomic E-state index is -0.192. The Labute approximate surface area is 91.5 Å². The van der Waals surface area contributed by atoms with Crippen LogP contribution in [0.15, 0.2) is 0 Å². The number of esters is 1. The number of ether oxygens (including phenoxy) is 2. The summed E-state index contributed by atoms with van der Waals surface area (Å²) in [5.41, 5.74) is 5.55. The Bertz CT molecular complexity index is 176. The number of rotatable bonds is 8. The Morgan fingerprint density at radius 1 is 1.53 bits per heavy atom. The van der Waals surface area contributed by atoms with Crippen molar-refractivity contribution in [3.63, 3.8) is 0 Å². The standard InChI is InChI=1S/C10H22N2O3/c1-4-15-9(7-11)8-12(2)6-5-10(13)14-3/h9H,4-8,11H2,1-3H3. The van der Waals surface area contributed by atoms with E-state index in [9.17, 15) is 4.79 Å². The zero-order chi connectivity index (χ0) is 11.7. The Balaban J connectivity index is 3.70. The summed E-state index contributed by atoms with van der Waals surface area (Å²) < 4.78 is 9.97. The third kappa shape index (κ3) is 7.30. The van der Waals surface area contributed by atoms with E-state index in [4.69, 9.17) is 10.5 Å². The van der Waals surface area contributed by atoms with E-state index in [0.717, 1.165) is 6.54 Å². The summed E-state index contributed by atoms with van der Waals surface area (Å²) in [6.07, 6.45) is 0.439. The molecule has 0 aliphatic heterocycles. The molecule has 0 radical (unpaired) electrons. The molecule has 0 amide bonds. The molecule has 5 heteroatoms. The second-order valence-corrected chi connectivity index (χ2v) is 3.40. The zero-order valence-electron chi connectivity index (χ0n) is 9.86. The first-order chi connectivity index (χ1) is 7.13. The molecule has 1 unspecified atom stereocenters. The monoisotopic (exact) mass is 218 g/mol. The maximum absolute atomic E-state index is 10.9. The predicted molar refractivity (Wildman–Crippen MR) is 58.6 cm³/mol. The van der Waals surface area contributed by atoms with E-state index in [1.807, 2.05) is 18.9 Å². The second-order valence-electron chi connectivity index (χ2n) is 3.40. The van der Waals surface area contributed by atoms with Crippen LogP contribution in [0.5, 0.6) is 0 Å². The van der Waals surface area contributed by atoms with E-state index in [-0.39, 0.29) is 12.1 Å². The summed E-state index contributed by atoms with van der Waals surface area (Å²) in [6.45, 7) is 4.50. The number of carbonyl (C=O) groups excluding carboxylic acids is 1. The van der Waals surface area contributed by atoms with Gasteiger partial charge in [-0.3, -0.25) is 4.79 Å². The number of likely N-dealkylation sites (N-methyl/N-ethyl adjacent to an activating group) is 1. The van der Waals surface area contributed by atoms with Crippen LogP contribution in [0.1, 0.15) is 13.3 Å². The molecule has 1 atom stereocenters. The molecule has 0 aliphatic carbocycles. The molecule has 15 heavy (non-hydrogen) atoms. The van der Waals surface area contributed by atoms with Crippen molar-refractivity contribution in [2.75, 3.05) is 40.4 Å². The van der Waals surface area contributed by atoms with Gasteiger partial charge in [0.25, 0.3) is 0 Å². The Morgan fingerprint density at radius 2 is 2.20 bits per heavy atom. The fraction of sp³-hybridized carbons (Fsp3) is 0.900. The van der Waals surface area contributed by atoms with Crippen molar-refractivity contribution in [1.29, 1.82) is 0 Å². The van der Waals surface area contributed by atoms with Gasteiger partial charge >= 0.3 is 5.97 Å². The van der Waals surface area contributed by atoms with Gasteiger partial charge in [0.05, 0.1) is 19.6 Å².